The van der Waals surface area contributed by atoms with Crippen LogP contribution in [0.3, 0.4) is 0 Å². The van der Waals surface area contributed by atoms with Gasteiger partial charge in [-0.05, 0) is 43.4 Å². The Bertz CT molecular complexity index is 357. The second-order valence-corrected chi connectivity index (χ2v) is 4.87. The van der Waals surface area contributed by atoms with E-state index in [2.05, 4.69) is 6.07 Å². The molecule has 1 rings (SSSR count). The van der Waals surface area contributed by atoms with Crippen molar-refractivity contribution in [3.8, 4) is 5.75 Å². The van der Waals surface area contributed by atoms with E-state index < -0.39 is 0 Å². The predicted molar refractivity (Wildman–Crippen MR) is 81.2 cm³/mol. The summed E-state index contributed by atoms with van der Waals surface area (Å²) in [5.74, 6) is 1.36. The van der Waals surface area contributed by atoms with Crippen molar-refractivity contribution in [3.63, 3.8) is 0 Å². The van der Waals surface area contributed by atoms with E-state index in [0.29, 0.717) is 12.5 Å². The molecule has 0 aliphatic rings. The molecule has 1 atom stereocenters. The normalized spacial score (nSPS) is 12.3. The van der Waals surface area contributed by atoms with Gasteiger partial charge >= 0.3 is 0 Å². The molecule has 4 nitrogen and oxygen atoms in total. The minimum atomic E-state index is 0.425. The van der Waals surface area contributed by atoms with Gasteiger partial charge in [-0.2, -0.15) is 0 Å². The maximum absolute atomic E-state index is 5.86. The summed E-state index contributed by atoms with van der Waals surface area (Å²) in [4.78, 5) is 0. The number of para-hydroxylation sites is 1. The highest BCUT2D eigenvalue weighted by atomic mass is 16.5. The van der Waals surface area contributed by atoms with Crippen molar-refractivity contribution in [1.82, 2.24) is 0 Å². The first-order valence-corrected chi connectivity index (χ1v) is 7.20. The molecule has 0 saturated heterocycles. The molecule has 1 aromatic carbocycles. The van der Waals surface area contributed by atoms with Crippen LogP contribution in [0.1, 0.15) is 18.4 Å². The molecule has 114 valence electrons. The van der Waals surface area contributed by atoms with Crippen molar-refractivity contribution < 1.29 is 14.2 Å². The topological polar surface area (TPSA) is 53.7 Å². The summed E-state index contributed by atoms with van der Waals surface area (Å²) in [6.07, 6.45) is 2.85. The summed E-state index contributed by atoms with van der Waals surface area (Å²) in [5.41, 5.74) is 7.07. The van der Waals surface area contributed by atoms with E-state index in [4.69, 9.17) is 19.9 Å². The molecule has 1 aromatic rings. The molecule has 0 fully saturated rings. The Morgan fingerprint density at radius 2 is 1.90 bits per heavy atom. The molecular formula is C16H27NO3. The molecule has 0 saturated carbocycles. The lowest BCUT2D eigenvalue weighted by atomic mass is 9.96. The van der Waals surface area contributed by atoms with Gasteiger partial charge in [0.15, 0.2) is 0 Å². The number of ether oxygens (including phenoxy) is 3. The number of methoxy groups -OCH3 is 2. The summed E-state index contributed by atoms with van der Waals surface area (Å²) in [5, 5.41) is 0. The van der Waals surface area contributed by atoms with Gasteiger partial charge in [-0.3, -0.25) is 0 Å². The van der Waals surface area contributed by atoms with Crippen LogP contribution in [0.15, 0.2) is 24.3 Å². The minimum Gasteiger partial charge on any atom is -0.496 e. The fourth-order valence-corrected chi connectivity index (χ4v) is 2.14. The molecule has 0 bridgehead atoms. The van der Waals surface area contributed by atoms with E-state index in [1.54, 1.807) is 14.2 Å². The summed E-state index contributed by atoms with van der Waals surface area (Å²) < 4.78 is 16.0. The number of benzene rings is 1. The molecule has 20 heavy (non-hydrogen) atoms. The SMILES string of the molecule is COCCCOCCC(CN)Cc1ccccc1OC. The van der Waals surface area contributed by atoms with Crippen molar-refractivity contribution in [2.45, 2.75) is 19.3 Å². The van der Waals surface area contributed by atoms with E-state index in [1.807, 2.05) is 18.2 Å². The third kappa shape index (κ3) is 6.37. The first-order valence-electron chi connectivity index (χ1n) is 7.20. The fourth-order valence-electron chi connectivity index (χ4n) is 2.14. The second-order valence-electron chi connectivity index (χ2n) is 4.87. The Labute approximate surface area is 122 Å². The molecule has 0 aliphatic carbocycles. The standard InChI is InChI=1S/C16H27NO3/c1-18-9-5-10-20-11-8-14(13-17)12-15-6-3-4-7-16(15)19-2/h3-4,6-7,14H,5,8-13,17H2,1-2H3. The summed E-state index contributed by atoms with van der Waals surface area (Å²) in [6.45, 7) is 2.92. The fraction of sp³-hybridized carbons (Fsp3) is 0.625. The molecule has 0 radical (unpaired) electrons. The number of rotatable bonds is 11. The third-order valence-corrected chi connectivity index (χ3v) is 3.34. The van der Waals surface area contributed by atoms with Crippen LogP contribution in [-0.2, 0) is 15.9 Å². The minimum absolute atomic E-state index is 0.425. The Balaban J connectivity index is 2.31. The summed E-state index contributed by atoms with van der Waals surface area (Å²) in [6, 6.07) is 8.11. The predicted octanol–water partition coefficient (Wildman–Crippen LogP) is 2.26. The van der Waals surface area contributed by atoms with Crippen molar-refractivity contribution in [2.75, 3.05) is 40.6 Å². The summed E-state index contributed by atoms with van der Waals surface area (Å²) in [7, 11) is 3.41. The molecule has 0 amide bonds. The molecule has 0 aromatic heterocycles. The van der Waals surface area contributed by atoms with Crippen LogP contribution in [0.4, 0.5) is 0 Å². The van der Waals surface area contributed by atoms with Gasteiger partial charge in [-0.15, -0.1) is 0 Å². The highest BCUT2D eigenvalue weighted by Crippen LogP contribution is 2.21. The van der Waals surface area contributed by atoms with Crippen LogP contribution in [-0.4, -0.2) is 40.6 Å². The van der Waals surface area contributed by atoms with Gasteiger partial charge in [0.2, 0.25) is 0 Å². The van der Waals surface area contributed by atoms with Gasteiger partial charge in [0.05, 0.1) is 7.11 Å². The highest BCUT2D eigenvalue weighted by molar-refractivity contribution is 5.33. The van der Waals surface area contributed by atoms with Crippen LogP contribution in [0, 0.1) is 5.92 Å². The van der Waals surface area contributed by atoms with Crippen LogP contribution < -0.4 is 10.5 Å². The Morgan fingerprint density at radius 3 is 2.60 bits per heavy atom. The van der Waals surface area contributed by atoms with E-state index >= 15 is 0 Å². The largest absolute Gasteiger partial charge is 0.496 e. The molecule has 0 heterocycles. The van der Waals surface area contributed by atoms with Gasteiger partial charge < -0.3 is 19.9 Å². The average Bonchev–Trinajstić information content (AvgIpc) is 2.50. The summed E-state index contributed by atoms with van der Waals surface area (Å²) >= 11 is 0. The second kappa shape index (κ2) is 10.7. The maximum Gasteiger partial charge on any atom is 0.122 e. The Morgan fingerprint density at radius 1 is 1.10 bits per heavy atom. The van der Waals surface area contributed by atoms with E-state index in [0.717, 1.165) is 44.8 Å². The van der Waals surface area contributed by atoms with Crippen LogP contribution in [0.2, 0.25) is 0 Å². The van der Waals surface area contributed by atoms with Gasteiger partial charge in [0.1, 0.15) is 5.75 Å². The lowest BCUT2D eigenvalue weighted by Crippen LogP contribution is -2.19. The zero-order chi connectivity index (χ0) is 14.6. The monoisotopic (exact) mass is 281 g/mol. The van der Waals surface area contributed by atoms with Gasteiger partial charge in [-0.25, -0.2) is 0 Å². The zero-order valence-corrected chi connectivity index (χ0v) is 12.6. The van der Waals surface area contributed by atoms with E-state index in [9.17, 15) is 0 Å². The number of nitrogens with two attached hydrogens (primary N) is 1. The zero-order valence-electron chi connectivity index (χ0n) is 12.6. The smallest absolute Gasteiger partial charge is 0.122 e. The molecule has 1 unspecified atom stereocenters. The van der Waals surface area contributed by atoms with Crippen LogP contribution >= 0.6 is 0 Å². The van der Waals surface area contributed by atoms with Crippen LogP contribution in [0.25, 0.3) is 0 Å². The van der Waals surface area contributed by atoms with Crippen molar-refractivity contribution in [1.29, 1.82) is 0 Å². The van der Waals surface area contributed by atoms with Crippen molar-refractivity contribution in [2.24, 2.45) is 11.7 Å². The lowest BCUT2D eigenvalue weighted by Gasteiger charge is -2.16. The quantitative estimate of drug-likeness (QED) is 0.632. The first kappa shape index (κ1) is 17.0. The maximum atomic E-state index is 5.86. The average molecular weight is 281 g/mol. The molecule has 4 heteroatoms. The van der Waals surface area contributed by atoms with Gasteiger partial charge in [0.25, 0.3) is 0 Å². The molecular weight excluding hydrogens is 254 g/mol. The van der Waals surface area contributed by atoms with Crippen LogP contribution in [0.5, 0.6) is 5.75 Å². The third-order valence-electron chi connectivity index (χ3n) is 3.34. The molecule has 2 N–H and O–H groups in total. The lowest BCUT2D eigenvalue weighted by molar-refractivity contribution is 0.0941. The van der Waals surface area contributed by atoms with Crippen molar-refractivity contribution in [3.05, 3.63) is 29.8 Å². The number of hydrogen-bond donors (Lipinski definition) is 1. The molecule has 0 aliphatic heterocycles. The van der Waals surface area contributed by atoms with Gasteiger partial charge in [0, 0.05) is 26.9 Å². The number of hydrogen-bond acceptors (Lipinski definition) is 4. The van der Waals surface area contributed by atoms with Gasteiger partial charge in [-0.1, -0.05) is 18.2 Å². The van der Waals surface area contributed by atoms with E-state index in [-0.39, 0.29) is 0 Å². The van der Waals surface area contributed by atoms with E-state index in [1.165, 1.54) is 5.56 Å². The molecule has 0 spiro atoms. The first-order chi connectivity index (χ1) is 9.81. The highest BCUT2D eigenvalue weighted by Gasteiger charge is 2.11. The Hall–Kier alpha value is -1.10. The Kier molecular flexibility index (Phi) is 9.04. The van der Waals surface area contributed by atoms with Crippen molar-refractivity contribution >= 4 is 0 Å².